The molecule has 0 atom stereocenters. The first-order valence-corrected chi connectivity index (χ1v) is 8.89. The Hall–Kier alpha value is -2.13. The third-order valence-electron chi connectivity index (χ3n) is 4.14. The molecule has 2 fully saturated rings. The fourth-order valence-electron chi connectivity index (χ4n) is 2.77. The van der Waals surface area contributed by atoms with Crippen molar-refractivity contribution in [1.82, 2.24) is 9.21 Å². The van der Waals surface area contributed by atoms with Crippen molar-refractivity contribution < 1.29 is 27.5 Å². The maximum absolute atomic E-state index is 12.7. The maximum atomic E-state index is 12.7. The highest BCUT2D eigenvalue weighted by Gasteiger charge is 2.42. The summed E-state index contributed by atoms with van der Waals surface area (Å²) < 4.78 is 36.6. The summed E-state index contributed by atoms with van der Waals surface area (Å²) in [6, 6.07) is 4.97. The molecule has 0 saturated carbocycles. The number of hydrogen-bond acceptors (Lipinski definition) is 6. The van der Waals surface area contributed by atoms with E-state index in [2.05, 4.69) is 4.74 Å². The van der Waals surface area contributed by atoms with E-state index in [0.29, 0.717) is 5.75 Å². The molecule has 2 aliphatic heterocycles. The Kier molecular flexibility index (Phi) is 4.22. The number of rotatable bonds is 5. The number of ether oxygens (including phenoxy) is 2. The summed E-state index contributed by atoms with van der Waals surface area (Å²) in [5, 5.41) is 0. The fourth-order valence-corrected chi connectivity index (χ4v) is 4.61. The second-order valence-electron chi connectivity index (χ2n) is 5.90. The highest BCUT2D eigenvalue weighted by Crippen LogP contribution is 2.32. The molecular weight excluding hydrogens is 336 g/mol. The molecule has 1 aromatic rings. The second-order valence-corrected chi connectivity index (χ2v) is 7.81. The molecule has 0 N–H and O–H groups in total. The summed E-state index contributed by atoms with van der Waals surface area (Å²) >= 11 is 0. The Bertz CT molecular complexity index is 769. The van der Waals surface area contributed by atoms with Crippen molar-refractivity contribution in [3.05, 3.63) is 23.8 Å². The second kappa shape index (κ2) is 6.06. The Morgan fingerprint density at radius 3 is 2.58 bits per heavy atom. The monoisotopic (exact) mass is 354 g/mol. The summed E-state index contributed by atoms with van der Waals surface area (Å²) in [5.74, 6) is -0.186. The average molecular weight is 354 g/mol. The molecule has 130 valence electrons. The zero-order chi connectivity index (χ0) is 17.5. The van der Waals surface area contributed by atoms with Gasteiger partial charge in [0.15, 0.2) is 6.61 Å². The van der Waals surface area contributed by atoms with Gasteiger partial charge in [-0.25, -0.2) is 18.1 Å². The van der Waals surface area contributed by atoms with E-state index in [1.807, 2.05) is 6.92 Å². The SMILES string of the molecule is COc1ccc(C)cc1S(=O)(=O)N1CC(CN2C(=O)COC2=O)C1. The number of imide groups is 1. The third kappa shape index (κ3) is 2.84. The Morgan fingerprint density at radius 2 is 2.00 bits per heavy atom. The summed E-state index contributed by atoms with van der Waals surface area (Å²) in [6.45, 7) is 2.23. The van der Waals surface area contributed by atoms with Crippen molar-refractivity contribution in [2.75, 3.05) is 33.4 Å². The molecule has 0 unspecified atom stereocenters. The number of aryl methyl sites for hydroxylation is 1. The predicted molar refractivity (Wildman–Crippen MR) is 83.0 cm³/mol. The first-order valence-electron chi connectivity index (χ1n) is 7.45. The number of benzene rings is 1. The highest BCUT2D eigenvalue weighted by atomic mass is 32.2. The van der Waals surface area contributed by atoms with Crippen molar-refractivity contribution in [3.63, 3.8) is 0 Å². The molecule has 3 rings (SSSR count). The van der Waals surface area contributed by atoms with Gasteiger partial charge in [-0.05, 0) is 24.6 Å². The molecule has 9 heteroatoms. The van der Waals surface area contributed by atoms with Crippen molar-refractivity contribution in [3.8, 4) is 5.75 Å². The van der Waals surface area contributed by atoms with Crippen molar-refractivity contribution in [2.45, 2.75) is 11.8 Å². The van der Waals surface area contributed by atoms with Gasteiger partial charge in [-0.2, -0.15) is 4.31 Å². The van der Waals surface area contributed by atoms with Gasteiger partial charge >= 0.3 is 6.09 Å². The molecular formula is C15H18N2O6S. The molecule has 1 aromatic carbocycles. The molecule has 2 amide bonds. The zero-order valence-corrected chi connectivity index (χ0v) is 14.2. The molecule has 0 radical (unpaired) electrons. The normalized spacial score (nSPS) is 19.3. The van der Waals surface area contributed by atoms with Crippen LogP contribution in [0.2, 0.25) is 0 Å². The van der Waals surface area contributed by atoms with Gasteiger partial charge < -0.3 is 9.47 Å². The van der Waals surface area contributed by atoms with Crippen LogP contribution in [0.3, 0.4) is 0 Å². The number of hydrogen-bond donors (Lipinski definition) is 0. The summed E-state index contributed by atoms with van der Waals surface area (Å²) in [7, 11) is -2.25. The Balaban J connectivity index is 1.70. The molecule has 24 heavy (non-hydrogen) atoms. The first kappa shape index (κ1) is 16.7. The first-order chi connectivity index (χ1) is 11.3. The molecule has 8 nitrogen and oxygen atoms in total. The van der Waals surface area contributed by atoms with Gasteiger partial charge in [0.1, 0.15) is 10.6 Å². The molecule has 2 heterocycles. The Labute approximate surface area is 140 Å². The number of amides is 2. The molecule has 0 spiro atoms. The molecule has 0 aromatic heterocycles. The van der Waals surface area contributed by atoms with Crippen LogP contribution in [0.4, 0.5) is 4.79 Å². The van der Waals surface area contributed by atoms with Crippen LogP contribution in [-0.2, 0) is 19.6 Å². The third-order valence-corrected chi connectivity index (χ3v) is 5.99. The smallest absolute Gasteiger partial charge is 0.417 e. The van der Waals surface area contributed by atoms with Crippen LogP contribution in [0.25, 0.3) is 0 Å². The van der Waals surface area contributed by atoms with E-state index in [1.165, 1.54) is 11.4 Å². The van der Waals surface area contributed by atoms with Gasteiger partial charge in [-0.15, -0.1) is 0 Å². The highest BCUT2D eigenvalue weighted by molar-refractivity contribution is 7.89. The van der Waals surface area contributed by atoms with E-state index in [-0.39, 0.29) is 43.0 Å². The Morgan fingerprint density at radius 1 is 1.29 bits per heavy atom. The standard InChI is InChI=1S/C15H18N2O6S/c1-10-3-4-12(22-2)13(5-10)24(20,21)16-6-11(7-16)8-17-14(18)9-23-15(17)19/h3-5,11H,6-9H2,1-2H3. The number of sulfonamides is 1. The number of nitrogens with zero attached hydrogens (tertiary/aromatic N) is 2. The van der Waals surface area contributed by atoms with E-state index in [0.717, 1.165) is 10.5 Å². The van der Waals surface area contributed by atoms with E-state index in [9.17, 15) is 18.0 Å². The maximum Gasteiger partial charge on any atom is 0.417 e. The summed E-state index contributed by atoms with van der Waals surface area (Å²) in [4.78, 5) is 24.1. The number of carbonyl (C=O) groups is 2. The number of methoxy groups -OCH3 is 1. The summed E-state index contributed by atoms with van der Waals surface area (Å²) in [6.07, 6.45) is -0.665. The van der Waals surface area contributed by atoms with Crippen LogP contribution < -0.4 is 4.74 Å². The lowest BCUT2D eigenvalue weighted by molar-refractivity contribution is -0.126. The van der Waals surface area contributed by atoms with Gasteiger partial charge in [0.25, 0.3) is 5.91 Å². The lowest BCUT2D eigenvalue weighted by Gasteiger charge is -2.39. The average Bonchev–Trinajstić information content (AvgIpc) is 2.81. The number of cyclic esters (lactones) is 1. The van der Waals surface area contributed by atoms with E-state index < -0.39 is 16.1 Å². The van der Waals surface area contributed by atoms with Gasteiger partial charge in [0, 0.05) is 25.6 Å². The lowest BCUT2D eigenvalue weighted by atomic mass is 10.0. The molecule has 0 aliphatic carbocycles. The van der Waals surface area contributed by atoms with Gasteiger partial charge in [-0.1, -0.05) is 6.07 Å². The fraction of sp³-hybridized carbons (Fsp3) is 0.467. The van der Waals surface area contributed by atoms with Crippen LogP contribution in [0.1, 0.15) is 5.56 Å². The van der Waals surface area contributed by atoms with Crippen LogP contribution >= 0.6 is 0 Å². The minimum Gasteiger partial charge on any atom is -0.495 e. The lowest BCUT2D eigenvalue weighted by Crippen LogP contribution is -2.54. The summed E-state index contributed by atoms with van der Waals surface area (Å²) in [5.41, 5.74) is 0.817. The van der Waals surface area contributed by atoms with E-state index in [1.54, 1.807) is 18.2 Å². The number of carbonyl (C=O) groups excluding carboxylic acids is 2. The minimum atomic E-state index is -3.67. The van der Waals surface area contributed by atoms with Gasteiger partial charge in [-0.3, -0.25) is 4.79 Å². The predicted octanol–water partition coefficient (Wildman–Crippen LogP) is 0.603. The van der Waals surface area contributed by atoms with Crippen LogP contribution in [0.15, 0.2) is 23.1 Å². The van der Waals surface area contributed by atoms with Crippen LogP contribution in [-0.4, -0.2) is 63.0 Å². The van der Waals surface area contributed by atoms with Crippen molar-refractivity contribution >= 4 is 22.0 Å². The molecule has 2 saturated heterocycles. The largest absolute Gasteiger partial charge is 0.495 e. The topological polar surface area (TPSA) is 93.2 Å². The molecule has 2 aliphatic rings. The van der Waals surface area contributed by atoms with E-state index in [4.69, 9.17) is 4.74 Å². The van der Waals surface area contributed by atoms with Gasteiger partial charge in [0.2, 0.25) is 10.0 Å². The van der Waals surface area contributed by atoms with E-state index >= 15 is 0 Å². The minimum absolute atomic E-state index is 0.0924. The quantitative estimate of drug-likeness (QED) is 0.769. The van der Waals surface area contributed by atoms with Crippen molar-refractivity contribution in [2.24, 2.45) is 5.92 Å². The zero-order valence-electron chi connectivity index (χ0n) is 13.4. The molecule has 0 bridgehead atoms. The van der Waals surface area contributed by atoms with Crippen LogP contribution in [0, 0.1) is 12.8 Å². The van der Waals surface area contributed by atoms with Crippen molar-refractivity contribution in [1.29, 1.82) is 0 Å². The van der Waals surface area contributed by atoms with Gasteiger partial charge in [0.05, 0.1) is 7.11 Å². The van der Waals surface area contributed by atoms with Crippen LogP contribution in [0.5, 0.6) is 5.75 Å².